The van der Waals surface area contributed by atoms with Crippen molar-refractivity contribution in [3.8, 4) is 17.6 Å². The van der Waals surface area contributed by atoms with Crippen molar-refractivity contribution in [2.75, 3.05) is 13.2 Å². The molecule has 3 nitrogen and oxygen atoms in total. The van der Waals surface area contributed by atoms with Crippen LogP contribution in [0.4, 0.5) is 0 Å². The summed E-state index contributed by atoms with van der Waals surface area (Å²) in [4.78, 5) is 11.6. The van der Waals surface area contributed by atoms with Gasteiger partial charge in [-0.2, -0.15) is 0 Å². The summed E-state index contributed by atoms with van der Waals surface area (Å²) >= 11 is 5.98. The second kappa shape index (κ2) is 8.11. The van der Waals surface area contributed by atoms with Crippen molar-refractivity contribution in [1.29, 1.82) is 0 Å². The third-order valence-corrected chi connectivity index (χ3v) is 3.19. The summed E-state index contributed by atoms with van der Waals surface area (Å²) in [6.07, 6.45) is 0. The Morgan fingerprint density at radius 1 is 1.18 bits per heavy atom. The molecule has 0 aliphatic carbocycles. The smallest absolute Gasteiger partial charge is 0.258 e. The van der Waals surface area contributed by atoms with Gasteiger partial charge >= 0.3 is 0 Å². The molecule has 0 unspecified atom stereocenters. The van der Waals surface area contributed by atoms with Crippen LogP contribution in [0.25, 0.3) is 0 Å². The molecule has 112 valence electrons. The molecule has 0 aliphatic heterocycles. The van der Waals surface area contributed by atoms with Crippen molar-refractivity contribution in [3.63, 3.8) is 0 Å². The number of hydrogen-bond donors (Lipinski definition) is 1. The molecule has 0 aliphatic rings. The highest BCUT2D eigenvalue weighted by Crippen LogP contribution is 2.13. The minimum Gasteiger partial charge on any atom is -0.484 e. The fraction of sp³-hybridized carbons (Fsp3) is 0.167. The van der Waals surface area contributed by atoms with Crippen molar-refractivity contribution in [2.45, 2.75) is 6.92 Å². The summed E-state index contributed by atoms with van der Waals surface area (Å²) in [6, 6.07) is 14.9. The zero-order valence-electron chi connectivity index (χ0n) is 12.2. The zero-order chi connectivity index (χ0) is 15.8. The van der Waals surface area contributed by atoms with Gasteiger partial charge in [0.05, 0.1) is 11.6 Å². The van der Waals surface area contributed by atoms with Gasteiger partial charge in [0, 0.05) is 5.56 Å². The first-order valence-electron chi connectivity index (χ1n) is 6.85. The van der Waals surface area contributed by atoms with Crippen LogP contribution in [0.5, 0.6) is 5.75 Å². The van der Waals surface area contributed by atoms with Crippen LogP contribution in [0.15, 0.2) is 48.5 Å². The van der Waals surface area contributed by atoms with Crippen LogP contribution in [0.3, 0.4) is 0 Å². The van der Waals surface area contributed by atoms with E-state index in [0.29, 0.717) is 10.8 Å². The first kappa shape index (κ1) is 15.9. The van der Waals surface area contributed by atoms with Crippen LogP contribution in [0, 0.1) is 18.8 Å². The van der Waals surface area contributed by atoms with Crippen LogP contribution >= 0.6 is 11.6 Å². The van der Waals surface area contributed by atoms with E-state index in [4.69, 9.17) is 16.3 Å². The maximum Gasteiger partial charge on any atom is 0.258 e. The lowest BCUT2D eigenvalue weighted by Gasteiger charge is -2.05. The van der Waals surface area contributed by atoms with Gasteiger partial charge in [0.1, 0.15) is 5.75 Å². The monoisotopic (exact) mass is 313 g/mol. The van der Waals surface area contributed by atoms with E-state index >= 15 is 0 Å². The number of amides is 1. The molecule has 2 rings (SSSR count). The normalized spacial score (nSPS) is 9.55. The van der Waals surface area contributed by atoms with E-state index in [2.05, 4.69) is 17.2 Å². The maximum atomic E-state index is 11.6. The molecule has 0 heterocycles. The Hall–Kier alpha value is -2.44. The number of carbonyl (C=O) groups is 1. The van der Waals surface area contributed by atoms with Gasteiger partial charge in [-0.25, -0.2) is 0 Å². The molecule has 0 saturated carbocycles. The minimum absolute atomic E-state index is 0.0309. The fourth-order valence-electron chi connectivity index (χ4n) is 1.68. The lowest BCUT2D eigenvalue weighted by molar-refractivity contribution is -0.122. The maximum absolute atomic E-state index is 11.6. The Morgan fingerprint density at radius 2 is 1.91 bits per heavy atom. The Bertz CT molecular complexity index is 699. The number of benzene rings is 2. The average Bonchev–Trinajstić information content (AvgIpc) is 2.52. The lowest BCUT2D eigenvalue weighted by Crippen LogP contribution is -2.29. The van der Waals surface area contributed by atoms with Gasteiger partial charge in [-0.15, -0.1) is 0 Å². The molecule has 0 bridgehead atoms. The molecule has 2 aromatic carbocycles. The number of nitrogens with one attached hydrogen (secondary N) is 1. The first-order valence-corrected chi connectivity index (χ1v) is 7.22. The van der Waals surface area contributed by atoms with Crippen LogP contribution in [0.1, 0.15) is 11.1 Å². The molecule has 0 atom stereocenters. The molecule has 0 aromatic heterocycles. The Labute approximate surface area is 135 Å². The van der Waals surface area contributed by atoms with E-state index in [0.717, 1.165) is 11.1 Å². The van der Waals surface area contributed by atoms with Crippen LogP contribution in [-0.4, -0.2) is 19.1 Å². The summed E-state index contributed by atoms with van der Waals surface area (Å²) in [6.45, 7) is 2.21. The standard InChI is InChI=1S/C18H16ClNO2/c1-14-8-10-16(11-9-14)22-13-18(21)20-12-4-6-15-5-2-3-7-17(15)19/h2-3,5,7-11H,12-13H2,1H3,(H,20,21). The van der Waals surface area contributed by atoms with Gasteiger partial charge in [0.2, 0.25) is 0 Å². The van der Waals surface area contributed by atoms with Crippen molar-refractivity contribution in [1.82, 2.24) is 5.32 Å². The molecule has 0 fully saturated rings. The van der Waals surface area contributed by atoms with Gasteiger partial charge in [0.15, 0.2) is 6.61 Å². The molecular weight excluding hydrogens is 298 g/mol. The largest absolute Gasteiger partial charge is 0.484 e. The zero-order valence-corrected chi connectivity index (χ0v) is 13.0. The van der Waals surface area contributed by atoms with E-state index in [-0.39, 0.29) is 19.1 Å². The van der Waals surface area contributed by atoms with Gasteiger partial charge in [-0.1, -0.05) is 53.3 Å². The highest BCUT2D eigenvalue weighted by molar-refractivity contribution is 6.31. The van der Waals surface area contributed by atoms with Crippen molar-refractivity contribution >= 4 is 17.5 Å². The number of ether oxygens (including phenoxy) is 1. The second-order valence-electron chi connectivity index (χ2n) is 4.66. The average molecular weight is 314 g/mol. The number of hydrogen-bond acceptors (Lipinski definition) is 2. The van der Waals surface area contributed by atoms with Crippen molar-refractivity contribution < 1.29 is 9.53 Å². The number of aryl methyl sites for hydroxylation is 1. The van der Waals surface area contributed by atoms with E-state index in [1.807, 2.05) is 49.4 Å². The number of halogens is 1. The highest BCUT2D eigenvalue weighted by atomic mass is 35.5. The van der Waals surface area contributed by atoms with E-state index < -0.39 is 0 Å². The van der Waals surface area contributed by atoms with Crippen LogP contribution in [0.2, 0.25) is 5.02 Å². The quantitative estimate of drug-likeness (QED) is 0.880. The molecule has 1 N–H and O–H groups in total. The van der Waals surface area contributed by atoms with Gasteiger partial charge in [-0.05, 0) is 31.2 Å². The third-order valence-electron chi connectivity index (χ3n) is 2.86. The summed E-state index contributed by atoms with van der Waals surface area (Å²) in [5.74, 6) is 6.22. The van der Waals surface area contributed by atoms with E-state index in [9.17, 15) is 4.79 Å². The minimum atomic E-state index is -0.214. The molecule has 4 heteroatoms. The number of carbonyl (C=O) groups excluding carboxylic acids is 1. The van der Waals surface area contributed by atoms with Crippen molar-refractivity contribution in [3.05, 3.63) is 64.7 Å². The predicted octanol–water partition coefficient (Wildman–Crippen LogP) is 3.20. The summed E-state index contributed by atoms with van der Waals surface area (Å²) in [5, 5.41) is 3.27. The topological polar surface area (TPSA) is 38.3 Å². The Morgan fingerprint density at radius 3 is 2.64 bits per heavy atom. The summed E-state index contributed by atoms with van der Waals surface area (Å²) < 4.78 is 5.38. The van der Waals surface area contributed by atoms with Crippen LogP contribution < -0.4 is 10.1 Å². The van der Waals surface area contributed by atoms with Crippen molar-refractivity contribution in [2.24, 2.45) is 0 Å². The molecule has 0 saturated heterocycles. The molecule has 0 radical (unpaired) electrons. The molecule has 1 amide bonds. The molecular formula is C18H16ClNO2. The predicted molar refractivity (Wildman–Crippen MR) is 88.0 cm³/mol. The Balaban J connectivity index is 1.74. The SMILES string of the molecule is Cc1ccc(OCC(=O)NCC#Cc2ccccc2Cl)cc1. The highest BCUT2D eigenvalue weighted by Gasteiger charge is 2.01. The molecule has 2 aromatic rings. The fourth-order valence-corrected chi connectivity index (χ4v) is 1.86. The first-order chi connectivity index (χ1) is 10.6. The molecule has 22 heavy (non-hydrogen) atoms. The van der Waals surface area contributed by atoms with E-state index in [1.165, 1.54) is 0 Å². The number of rotatable bonds is 4. The third kappa shape index (κ3) is 5.16. The summed E-state index contributed by atoms with van der Waals surface area (Å²) in [7, 11) is 0. The second-order valence-corrected chi connectivity index (χ2v) is 5.07. The molecule has 0 spiro atoms. The van der Waals surface area contributed by atoms with Gasteiger partial charge in [-0.3, -0.25) is 4.79 Å². The van der Waals surface area contributed by atoms with Crippen LogP contribution in [-0.2, 0) is 4.79 Å². The van der Waals surface area contributed by atoms with Gasteiger partial charge in [0.25, 0.3) is 5.91 Å². The summed E-state index contributed by atoms with van der Waals surface area (Å²) in [5.41, 5.74) is 1.89. The Kier molecular flexibility index (Phi) is 5.88. The van der Waals surface area contributed by atoms with Gasteiger partial charge < -0.3 is 10.1 Å². The lowest BCUT2D eigenvalue weighted by atomic mass is 10.2. The van der Waals surface area contributed by atoms with E-state index in [1.54, 1.807) is 6.07 Å².